The molecule has 0 bridgehead atoms. The molecule has 0 radical (unpaired) electrons. The van der Waals surface area contributed by atoms with Crippen LogP contribution in [0, 0.1) is 58.2 Å². The average Bonchev–Trinajstić information content (AvgIpc) is 2.61. The molecule has 2 rings (SSSR count). The van der Waals surface area contributed by atoms with Gasteiger partial charge in [0, 0.05) is 12.5 Å². The molecule has 156 valence electrons. The van der Waals surface area contributed by atoms with Gasteiger partial charge in [0.05, 0.1) is 5.56 Å². The quantitative estimate of drug-likeness (QED) is 0.294. The molecule has 0 saturated heterocycles. The highest BCUT2D eigenvalue weighted by Crippen LogP contribution is 2.34. The van der Waals surface area contributed by atoms with Crippen molar-refractivity contribution in [3.8, 4) is 0 Å². The lowest BCUT2D eigenvalue weighted by molar-refractivity contribution is 0.00783. The van der Waals surface area contributed by atoms with Gasteiger partial charge in [-0.25, -0.2) is 52.7 Å². The summed E-state index contributed by atoms with van der Waals surface area (Å²) < 4.78 is 150. The van der Waals surface area contributed by atoms with Gasteiger partial charge < -0.3 is 0 Å². The maximum absolute atomic E-state index is 12.7. The van der Waals surface area contributed by atoms with E-state index in [0.717, 1.165) is 0 Å². The van der Waals surface area contributed by atoms with Gasteiger partial charge in [-0.05, 0) is 6.42 Å². The Kier molecular flexibility index (Phi) is 7.02. The Morgan fingerprint density at radius 1 is 0.500 bits per heavy atom. The summed E-state index contributed by atoms with van der Waals surface area (Å²) in [5, 5.41) is 0. The van der Waals surface area contributed by atoms with Gasteiger partial charge in [-0.15, -0.1) is 0 Å². The van der Waals surface area contributed by atoms with E-state index in [0.29, 0.717) is 0 Å². The standard InChI is InChI=1S/C8H3F7.C8H5F5/c1-8(14,15)2-3(9)5(11)7(13)6(12)4(2)10;1-2-3-4(9)6(11)8(13)7(12)5(3)10/h1H3;2H2,1H3. The molecule has 0 aromatic heterocycles. The van der Waals surface area contributed by atoms with E-state index in [1.807, 2.05) is 0 Å². The number of hydrogen-bond acceptors (Lipinski definition) is 0. The molecule has 0 aliphatic rings. The largest absolute Gasteiger partial charge is 0.276 e. The number of halogens is 12. The van der Waals surface area contributed by atoms with E-state index >= 15 is 0 Å². The lowest BCUT2D eigenvalue weighted by atomic mass is 10.1. The first-order valence-corrected chi connectivity index (χ1v) is 7.08. The predicted molar refractivity (Wildman–Crippen MR) is 71.4 cm³/mol. The van der Waals surface area contributed by atoms with E-state index in [1.165, 1.54) is 6.92 Å². The highest BCUT2D eigenvalue weighted by atomic mass is 19.3. The van der Waals surface area contributed by atoms with Crippen LogP contribution >= 0.6 is 0 Å². The van der Waals surface area contributed by atoms with Crippen LogP contribution in [-0.4, -0.2) is 0 Å². The SMILES string of the molecule is CC(F)(F)c1c(F)c(F)c(F)c(F)c1F.CCc1c(F)c(F)c(F)c(F)c1F. The van der Waals surface area contributed by atoms with E-state index < -0.39 is 75.2 Å². The smallest absolute Gasteiger partial charge is 0.203 e. The van der Waals surface area contributed by atoms with Crippen molar-refractivity contribution in [3.63, 3.8) is 0 Å². The molecule has 0 saturated carbocycles. The van der Waals surface area contributed by atoms with Gasteiger partial charge in [0.25, 0.3) is 5.92 Å². The third-order valence-corrected chi connectivity index (χ3v) is 3.30. The second-order valence-corrected chi connectivity index (χ2v) is 5.24. The molecule has 0 nitrogen and oxygen atoms in total. The summed E-state index contributed by atoms with van der Waals surface area (Å²) >= 11 is 0. The summed E-state index contributed by atoms with van der Waals surface area (Å²) in [5.74, 6) is -25.8. The molecule has 0 fully saturated rings. The molecule has 0 N–H and O–H groups in total. The predicted octanol–water partition coefficient (Wildman–Crippen LogP) is 6.44. The molecule has 0 heterocycles. The summed E-state index contributed by atoms with van der Waals surface area (Å²) in [7, 11) is 0. The van der Waals surface area contributed by atoms with Crippen molar-refractivity contribution >= 4 is 0 Å². The van der Waals surface area contributed by atoms with Crippen LogP contribution in [0.25, 0.3) is 0 Å². The Hall–Kier alpha value is -2.40. The minimum Gasteiger partial charge on any atom is -0.203 e. The number of hydrogen-bond donors (Lipinski definition) is 0. The monoisotopic (exact) mass is 428 g/mol. The zero-order valence-corrected chi connectivity index (χ0v) is 13.7. The van der Waals surface area contributed by atoms with E-state index in [9.17, 15) is 52.7 Å². The van der Waals surface area contributed by atoms with Crippen LogP contribution in [0.5, 0.6) is 0 Å². The van der Waals surface area contributed by atoms with Crippen molar-refractivity contribution in [1.29, 1.82) is 0 Å². The van der Waals surface area contributed by atoms with E-state index in [-0.39, 0.29) is 13.3 Å². The van der Waals surface area contributed by atoms with Gasteiger partial charge in [0.1, 0.15) is 0 Å². The lowest BCUT2D eigenvalue weighted by Gasteiger charge is -2.13. The molecule has 0 unspecified atom stereocenters. The van der Waals surface area contributed by atoms with Gasteiger partial charge in [0.15, 0.2) is 46.5 Å². The second-order valence-electron chi connectivity index (χ2n) is 5.24. The summed E-state index contributed by atoms with van der Waals surface area (Å²) in [5.41, 5.74) is -2.91. The summed E-state index contributed by atoms with van der Waals surface area (Å²) in [6, 6.07) is 0. The minimum absolute atomic E-state index is 0.0330. The normalized spacial score (nSPS) is 11.4. The van der Waals surface area contributed by atoms with Crippen molar-refractivity contribution in [2.75, 3.05) is 0 Å². The lowest BCUT2D eigenvalue weighted by Crippen LogP contribution is -2.17. The Morgan fingerprint density at radius 2 is 0.750 bits per heavy atom. The molecule has 0 atom stereocenters. The minimum atomic E-state index is -4.15. The second kappa shape index (κ2) is 8.31. The fraction of sp³-hybridized carbons (Fsp3) is 0.250. The molecule has 0 amide bonds. The summed E-state index contributed by atoms with van der Waals surface area (Å²) in [6.07, 6.45) is -0.244. The van der Waals surface area contributed by atoms with Gasteiger partial charge in [-0.1, -0.05) is 6.92 Å². The van der Waals surface area contributed by atoms with Crippen LogP contribution in [0.2, 0.25) is 0 Å². The van der Waals surface area contributed by atoms with Crippen LogP contribution in [0.4, 0.5) is 52.7 Å². The molecule has 0 aliphatic heterocycles. The highest BCUT2D eigenvalue weighted by molar-refractivity contribution is 5.27. The third kappa shape index (κ3) is 4.20. The van der Waals surface area contributed by atoms with Gasteiger partial charge in [-0.3, -0.25) is 0 Å². The zero-order valence-electron chi connectivity index (χ0n) is 13.7. The van der Waals surface area contributed by atoms with Crippen molar-refractivity contribution in [3.05, 3.63) is 69.3 Å². The topological polar surface area (TPSA) is 0 Å². The molecule has 12 heteroatoms. The fourth-order valence-corrected chi connectivity index (χ4v) is 1.95. The molecule has 28 heavy (non-hydrogen) atoms. The first kappa shape index (κ1) is 23.6. The van der Waals surface area contributed by atoms with Crippen molar-refractivity contribution in [2.24, 2.45) is 0 Å². The van der Waals surface area contributed by atoms with Crippen LogP contribution in [-0.2, 0) is 12.3 Å². The zero-order chi connectivity index (χ0) is 22.1. The summed E-state index contributed by atoms with van der Waals surface area (Å²) in [4.78, 5) is 0. The van der Waals surface area contributed by atoms with Crippen LogP contribution < -0.4 is 0 Å². The molecule has 0 spiro atoms. The molecular weight excluding hydrogens is 420 g/mol. The van der Waals surface area contributed by atoms with Crippen molar-refractivity contribution < 1.29 is 52.7 Å². The average molecular weight is 428 g/mol. The number of alkyl halides is 2. The number of rotatable bonds is 2. The summed E-state index contributed by atoms with van der Waals surface area (Å²) in [6.45, 7) is 1.34. The molecule has 2 aromatic rings. The number of benzene rings is 2. The third-order valence-electron chi connectivity index (χ3n) is 3.30. The van der Waals surface area contributed by atoms with Gasteiger partial charge >= 0.3 is 0 Å². The first-order valence-electron chi connectivity index (χ1n) is 7.08. The molecule has 0 aliphatic carbocycles. The molecule has 2 aromatic carbocycles. The van der Waals surface area contributed by atoms with Gasteiger partial charge in [0.2, 0.25) is 11.6 Å². The molecular formula is C16H8F12. The van der Waals surface area contributed by atoms with E-state index in [1.54, 1.807) is 0 Å². The Labute approximate surface area is 149 Å². The highest BCUT2D eigenvalue weighted by Gasteiger charge is 2.38. The fourth-order valence-electron chi connectivity index (χ4n) is 1.95. The van der Waals surface area contributed by atoms with Crippen LogP contribution in [0.15, 0.2) is 0 Å². The Morgan fingerprint density at radius 3 is 1.00 bits per heavy atom. The maximum Gasteiger partial charge on any atom is 0.276 e. The van der Waals surface area contributed by atoms with E-state index in [2.05, 4.69) is 0 Å². The van der Waals surface area contributed by atoms with Crippen molar-refractivity contribution in [1.82, 2.24) is 0 Å². The first-order chi connectivity index (χ1) is 12.7. The Balaban J connectivity index is 0.000000283. The van der Waals surface area contributed by atoms with Crippen LogP contribution in [0.1, 0.15) is 25.0 Å². The van der Waals surface area contributed by atoms with Crippen molar-refractivity contribution in [2.45, 2.75) is 26.2 Å². The maximum atomic E-state index is 12.7. The van der Waals surface area contributed by atoms with E-state index in [4.69, 9.17) is 0 Å². The van der Waals surface area contributed by atoms with Gasteiger partial charge in [-0.2, -0.15) is 0 Å². The van der Waals surface area contributed by atoms with Crippen LogP contribution in [0.3, 0.4) is 0 Å². The Bertz CT molecular complexity index is 840.